The van der Waals surface area contributed by atoms with Gasteiger partial charge in [0.1, 0.15) is 5.75 Å². The molecule has 0 aromatic heterocycles. The van der Waals surface area contributed by atoms with Gasteiger partial charge < -0.3 is 5.11 Å². The van der Waals surface area contributed by atoms with Gasteiger partial charge in [-0.25, -0.2) is 0 Å². The normalized spacial score (nSPS) is 27.1. The minimum absolute atomic E-state index is 0.363. The Balaban J connectivity index is 1.08. The van der Waals surface area contributed by atoms with E-state index in [0.29, 0.717) is 23.0 Å². The fourth-order valence-corrected chi connectivity index (χ4v) is 8.54. The Labute approximate surface area is 254 Å². The highest BCUT2D eigenvalue weighted by Crippen LogP contribution is 2.48. The molecule has 220 valence electrons. The smallest absolute Gasteiger partial charge is 0.116 e. The van der Waals surface area contributed by atoms with E-state index < -0.39 is 0 Å². The number of aromatic hydroxyl groups is 1. The summed E-state index contributed by atoms with van der Waals surface area (Å²) in [5, 5.41) is 13.5. The maximum Gasteiger partial charge on any atom is 0.116 e. The second-order valence-corrected chi connectivity index (χ2v) is 14.2. The predicted molar refractivity (Wildman–Crippen MR) is 178 cm³/mol. The zero-order chi connectivity index (χ0) is 28.9. The van der Waals surface area contributed by atoms with Crippen molar-refractivity contribution in [3.8, 4) is 5.75 Å². The Morgan fingerprint density at radius 2 is 1.67 bits per heavy atom. The third-order valence-corrected chi connectivity index (χ3v) is 10.7. The van der Waals surface area contributed by atoms with Crippen LogP contribution in [0, 0.1) is 29.1 Å². The molecular weight excluding hydrogens is 508 g/mol. The average molecular weight is 559 g/mol. The quantitative estimate of drug-likeness (QED) is 0.260. The van der Waals surface area contributed by atoms with Crippen molar-refractivity contribution >= 4 is 12.2 Å². The lowest BCUT2D eigenvalue weighted by molar-refractivity contribution is 0.119. The lowest BCUT2D eigenvalue weighted by atomic mass is 9.61. The molecule has 1 heteroatoms. The molecule has 0 bridgehead atoms. The van der Waals surface area contributed by atoms with Crippen molar-refractivity contribution < 1.29 is 5.11 Å². The summed E-state index contributed by atoms with van der Waals surface area (Å²) in [4.78, 5) is 0. The van der Waals surface area contributed by atoms with Gasteiger partial charge in [-0.05, 0) is 138 Å². The molecule has 5 atom stereocenters. The van der Waals surface area contributed by atoms with Crippen LogP contribution in [0.4, 0.5) is 0 Å². The van der Waals surface area contributed by atoms with Gasteiger partial charge in [0.25, 0.3) is 0 Å². The summed E-state index contributed by atoms with van der Waals surface area (Å²) >= 11 is 0. The number of aryl methyl sites for hydroxylation is 1. The monoisotopic (exact) mass is 558 g/mol. The van der Waals surface area contributed by atoms with Crippen molar-refractivity contribution in [1.82, 2.24) is 0 Å². The van der Waals surface area contributed by atoms with E-state index in [0.717, 1.165) is 37.5 Å². The van der Waals surface area contributed by atoms with E-state index in [1.165, 1.54) is 84.1 Å². The van der Waals surface area contributed by atoms with Gasteiger partial charge in [-0.15, -0.1) is 0 Å². The van der Waals surface area contributed by atoms with Crippen LogP contribution in [0.15, 0.2) is 78.9 Å². The van der Waals surface area contributed by atoms with Crippen molar-refractivity contribution in [2.45, 2.75) is 90.9 Å². The first-order valence-electron chi connectivity index (χ1n) is 16.8. The molecule has 6 rings (SSSR count). The summed E-state index contributed by atoms with van der Waals surface area (Å²) in [6.45, 7) is 4.93. The van der Waals surface area contributed by atoms with Gasteiger partial charge in [0.05, 0.1) is 0 Å². The number of allylic oxidation sites excluding steroid dienone is 2. The van der Waals surface area contributed by atoms with Gasteiger partial charge >= 0.3 is 0 Å². The third kappa shape index (κ3) is 7.11. The van der Waals surface area contributed by atoms with Crippen LogP contribution in [-0.2, 0) is 19.3 Å². The SMILES string of the molecule is C[C@@H]1CC=C[C@](C)([C@H]2CCC[C@H](Cc3cc(O)cc(Cc4ccccc4CCC[C@H]4C=c5ccccc5=CC4)c3)C2)C1. The molecule has 0 heterocycles. The van der Waals surface area contributed by atoms with Gasteiger partial charge in [0, 0.05) is 0 Å². The van der Waals surface area contributed by atoms with Crippen LogP contribution in [0.1, 0.15) is 93.9 Å². The number of fused-ring (bicyclic) bond motifs is 1. The van der Waals surface area contributed by atoms with Crippen molar-refractivity contribution in [3.05, 3.63) is 112 Å². The number of hydrogen-bond donors (Lipinski definition) is 1. The molecule has 1 N–H and O–H groups in total. The largest absolute Gasteiger partial charge is 0.508 e. The molecule has 0 spiro atoms. The average Bonchev–Trinajstić information content (AvgIpc) is 2.98. The van der Waals surface area contributed by atoms with Crippen LogP contribution in [0.2, 0.25) is 0 Å². The predicted octanol–water partition coefficient (Wildman–Crippen LogP) is 8.93. The molecular formula is C41H50O. The Hall–Kier alpha value is -3.06. The van der Waals surface area contributed by atoms with Crippen LogP contribution >= 0.6 is 0 Å². The van der Waals surface area contributed by atoms with E-state index >= 15 is 0 Å². The number of benzene rings is 3. The zero-order valence-electron chi connectivity index (χ0n) is 25.9. The van der Waals surface area contributed by atoms with E-state index in [1.54, 1.807) is 0 Å². The van der Waals surface area contributed by atoms with Gasteiger partial charge in [-0.2, -0.15) is 0 Å². The molecule has 0 unspecified atom stereocenters. The summed E-state index contributed by atoms with van der Waals surface area (Å²) < 4.78 is 0. The molecule has 3 aliphatic carbocycles. The maximum absolute atomic E-state index is 10.7. The van der Waals surface area contributed by atoms with E-state index in [2.05, 4.69) is 92.7 Å². The third-order valence-electron chi connectivity index (χ3n) is 10.7. The first-order chi connectivity index (χ1) is 20.4. The Bertz CT molecular complexity index is 1510. The second-order valence-electron chi connectivity index (χ2n) is 14.2. The zero-order valence-corrected chi connectivity index (χ0v) is 25.9. The van der Waals surface area contributed by atoms with Gasteiger partial charge in [0.2, 0.25) is 0 Å². The molecule has 3 aromatic rings. The minimum atomic E-state index is 0.363. The Morgan fingerprint density at radius 1 is 0.881 bits per heavy atom. The van der Waals surface area contributed by atoms with E-state index in [-0.39, 0.29) is 0 Å². The van der Waals surface area contributed by atoms with Crippen LogP contribution in [0.25, 0.3) is 12.2 Å². The van der Waals surface area contributed by atoms with Gasteiger partial charge in [-0.3, -0.25) is 0 Å². The van der Waals surface area contributed by atoms with Crippen molar-refractivity contribution in [2.24, 2.45) is 29.1 Å². The van der Waals surface area contributed by atoms with Crippen LogP contribution in [0.3, 0.4) is 0 Å². The first-order valence-corrected chi connectivity index (χ1v) is 16.8. The highest BCUT2D eigenvalue weighted by atomic mass is 16.3. The summed E-state index contributed by atoms with van der Waals surface area (Å²) in [5.74, 6) is 3.37. The Morgan fingerprint density at radius 3 is 2.52 bits per heavy atom. The van der Waals surface area contributed by atoms with Gasteiger partial charge in [-0.1, -0.05) is 106 Å². The lowest BCUT2D eigenvalue weighted by Crippen LogP contribution is -2.33. The second kappa shape index (κ2) is 13.1. The molecule has 3 aliphatic rings. The highest BCUT2D eigenvalue weighted by molar-refractivity contribution is 5.41. The minimum Gasteiger partial charge on any atom is -0.508 e. The number of phenols is 1. The summed E-state index contributed by atoms with van der Waals surface area (Å²) in [6.07, 6.45) is 24.5. The van der Waals surface area contributed by atoms with Crippen LogP contribution in [-0.4, -0.2) is 5.11 Å². The molecule has 0 saturated heterocycles. The fourth-order valence-electron chi connectivity index (χ4n) is 8.54. The first kappa shape index (κ1) is 29.0. The topological polar surface area (TPSA) is 20.2 Å². The number of phenolic OH excluding ortho intramolecular Hbond substituents is 1. The highest BCUT2D eigenvalue weighted by Gasteiger charge is 2.37. The van der Waals surface area contributed by atoms with Crippen LogP contribution < -0.4 is 10.4 Å². The van der Waals surface area contributed by atoms with E-state index in [9.17, 15) is 5.11 Å². The maximum atomic E-state index is 10.7. The van der Waals surface area contributed by atoms with E-state index in [4.69, 9.17) is 0 Å². The molecule has 0 radical (unpaired) electrons. The van der Waals surface area contributed by atoms with Gasteiger partial charge in [0.15, 0.2) is 0 Å². The molecule has 3 aromatic carbocycles. The van der Waals surface area contributed by atoms with Crippen molar-refractivity contribution in [2.75, 3.05) is 0 Å². The summed E-state index contributed by atoms with van der Waals surface area (Å²) in [5.41, 5.74) is 5.79. The van der Waals surface area contributed by atoms with E-state index in [1.807, 2.05) is 12.1 Å². The molecule has 1 fully saturated rings. The fraction of sp³-hybridized carbons (Fsp3) is 0.463. The molecule has 1 nitrogen and oxygen atoms in total. The molecule has 42 heavy (non-hydrogen) atoms. The molecule has 0 amide bonds. The number of rotatable bonds is 9. The number of hydrogen-bond acceptors (Lipinski definition) is 1. The lowest BCUT2D eigenvalue weighted by Gasteiger charge is -2.43. The summed E-state index contributed by atoms with van der Waals surface area (Å²) in [7, 11) is 0. The van der Waals surface area contributed by atoms with Crippen molar-refractivity contribution in [3.63, 3.8) is 0 Å². The van der Waals surface area contributed by atoms with Crippen molar-refractivity contribution in [1.29, 1.82) is 0 Å². The molecule has 1 saturated carbocycles. The standard InChI is InChI=1S/C41H50O/c1-30-10-9-21-41(2,29-30)39-18-8-12-32(26-39)22-33-23-34(28-40(42)27-33)25-38-16-5-3-13-35(38)17-7-11-31-19-20-36-14-4-6-15-37(36)24-31/h3-6,9,13-16,20-21,23-24,27-28,30-32,39,42H,7-8,10-12,17-19,22,25-26,29H2,1-2H3/t30-,31-,32-,39+,41+/m1/s1. The molecule has 0 aliphatic heterocycles. The summed E-state index contributed by atoms with van der Waals surface area (Å²) in [6, 6.07) is 24.1. The Kier molecular flexibility index (Phi) is 9.03. The van der Waals surface area contributed by atoms with Crippen LogP contribution in [0.5, 0.6) is 5.75 Å².